The van der Waals surface area contributed by atoms with Crippen LogP contribution in [0.2, 0.25) is 0 Å². The monoisotopic (exact) mass is 239 g/mol. The molecule has 1 rings (SSSR count). The Balaban J connectivity index is 3.26. The lowest BCUT2D eigenvalue weighted by molar-refractivity contribution is -0.395. The average Bonchev–Trinajstić information content (AvgIpc) is 2.42. The fourth-order valence-corrected chi connectivity index (χ4v) is 1.61. The first-order valence-corrected chi connectivity index (χ1v) is 5.74. The van der Waals surface area contributed by atoms with Gasteiger partial charge in [-0.25, -0.2) is 4.58 Å². The van der Waals surface area contributed by atoms with Gasteiger partial charge in [0.15, 0.2) is 0 Å². The summed E-state index contributed by atoms with van der Waals surface area (Å²) in [7, 11) is 1.88. The van der Waals surface area contributed by atoms with E-state index >= 15 is 0 Å². The highest BCUT2D eigenvalue weighted by molar-refractivity contribution is 5.95. The molecule has 0 bridgehead atoms. The molecule has 0 aliphatic heterocycles. The topological polar surface area (TPSA) is 15.0 Å². The van der Waals surface area contributed by atoms with Gasteiger partial charge in [-0.1, -0.05) is 50.1 Å². The molecule has 0 aliphatic carbocycles. The van der Waals surface area contributed by atoms with E-state index in [1.807, 2.05) is 54.1 Å². The maximum Gasteiger partial charge on any atom is 0.286 e. The van der Waals surface area contributed by atoms with Crippen molar-refractivity contribution in [2.24, 2.45) is 0 Å². The van der Waals surface area contributed by atoms with Crippen LogP contribution in [0, 0.1) is 0 Å². The van der Waals surface area contributed by atoms with Crippen LogP contribution in [-0.4, -0.2) is 17.5 Å². The number of allylic oxidation sites excluding steroid dienone is 3. The first kappa shape index (κ1) is 13.7. The van der Waals surface area contributed by atoms with Gasteiger partial charge >= 0.3 is 0 Å². The van der Waals surface area contributed by atoms with Crippen molar-refractivity contribution in [3.63, 3.8) is 0 Å². The highest BCUT2D eigenvalue weighted by Crippen LogP contribution is 2.04. The zero-order chi connectivity index (χ0) is 13.4. The molecule has 2 nitrogen and oxygen atoms in total. The highest BCUT2D eigenvalue weighted by atomic mass is 15.1. The summed E-state index contributed by atoms with van der Waals surface area (Å²) in [5.41, 5.74) is 1.89. The Kier molecular flexibility index (Phi) is 5.39. The minimum Gasteiger partial charge on any atom is -0.276 e. The van der Waals surface area contributed by atoms with Crippen LogP contribution in [0.4, 0.5) is 0 Å². The highest BCUT2D eigenvalue weighted by Gasteiger charge is 2.13. The van der Waals surface area contributed by atoms with E-state index in [-0.39, 0.29) is 0 Å². The molecule has 1 aromatic rings. The Bertz CT molecular complexity index is 493. The number of rotatable bonds is 5. The molecule has 2 heteroatoms. The summed E-state index contributed by atoms with van der Waals surface area (Å²) >= 11 is 0. The van der Waals surface area contributed by atoms with Crippen molar-refractivity contribution in [2.75, 3.05) is 7.05 Å². The maximum absolute atomic E-state index is 4.02. The van der Waals surface area contributed by atoms with Crippen LogP contribution in [0.15, 0.2) is 80.2 Å². The summed E-state index contributed by atoms with van der Waals surface area (Å²) in [4.78, 5) is 0. The molecule has 0 aromatic heterocycles. The second kappa shape index (κ2) is 7.07. The molecule has 0 unspecified atom stereocenters. The van der Waals surface area contributed by atoms with Gasteiger partial charge in [0, 0.05) is 0 Å². The maximum atomic E-state index is 4.02. The lowest BCUT2D eigenvalue weighted by Crippen LogP contribution is -2.28. The van der Waals surface area contributed by atoms with Crippen molar-refractivity contribution < 1.29 is 4.58 Å². The number of nitrogens with one attached hydrogen (secondary N) is 1. The van der Waals surface area contributed by atoms with Gasteiger partial charge in [0.05, 0.1) is 18.8 Å². The van der Waals surface area contributed by atoms with Gasteiger partial charge < -0.3 is 0 Å². The average molecular weight is 239 g/mol. The smallest absolute Gasteiger partial charge is 0.276 e. The molecular weight excluding hydrogens is 220 g/mol. The third kappa shape index (κ3) is 3.32. The first-order chi connectivity index (χ1) is 8.74. The minimum atomic E-state index is 0.818. The van der Waals surface area contributed by atoms with Crippen LogP contribution in [0.3, 0.4) is 0 Å². The van der Waals surface area contributed by atoms with E-state index in [0.29, 0.717) is 0 Å². The standard InChI is InChI=1S/C16H18N2/c1-5-7-11-14(3)18(6-2)16(17-4)15-12-9-8-10-13-15/h5-13H,1-3H2,4H3/p+1/b11-7-. The van der Waals surface area contributed by atoms with Crippen molar-refractivity contribution in [3.8, 4) is 0 Å². The van der Waals surface area contributed by atoms with Crippen LogP contribution < -0.4 is 5.32 Å². The molecule has 0 saturated carbocycles. The third-order valence-electron chi connectivity index (χ3n) is 2.44. The molecule has 0 fully saturated rings. The first-order valence-electron chi connectivity index (χ1n) is 5.74. The van der Waals surface area contributed by atoms with Crippen molar-refractivity contribution in [1.82, 2.24) is 5.32 Å². The molecule has 0 amide bonds. The number of hydrogen-bond donors (Lipinski definition) is 1. The molecule has 0 spiro atoms. The molecule has 0 saturated heterocycles. The summed E-state index contributed by atoms with van der Waals surface area (Å²) in [5.74, 6) is 0.935. The summed E-state index contributed by atoms with van der Waals surface area (Å²) in [6, 6.07) is 10.0. The van der Waals surface area contributed by atoms with Gasteiger partial charge in [0.2, 0.25) is 0 Å². The summed E-state index contributed by atoms with van der Waals surface area (Å²) in [6.45, 7) is 11.5. The van der Waals surface area contributed by atoms with Crippen LogP contribution >= 0.6 is 0 Å². The summed E-state index contributed by atoms with van der Waals surface area (Å²) in [5, 5.41) is 3.18. The van der Waals surface area contributed by atoms with Gasteiger partial charge in [-0.05, 0) is 18.2 Å². The van der Waals surface area contributed by atoms with Gasteiger partial charge in [-0.15, -0.1) is 0 Å². The zero-order valence-corrected chi connectivity index (χ0v) is 10.8. The van der Waals surface area contributed by atoms with Crippen LogP contribution in [0.1, 0.15) is 5.56 Å². The SMILES string of the molecule is C=C/C=C\C(=C)[N+](C=C)=C(NC)c1ccccc1. The Labute approximate surface area is 109 Å². The van der Waals surface area contributed by atoms with Gasteiger partial charge in [-0.2, -0.15) is 0 Å². The van der Waals surface area contributed by atoms with E-state index in [4.69, 9.17) is 0 Å². The molecule has 1 N–H and O–H groups in total. The summed E-state index contributed by atoms with van der Waals surface area (Å²) in [6.07, 6.45) is 7.18. The van der Waals surface area contributed by atoms with Crippen LogP contribution in [-0.2, 0) is 0 Å². The van der Waals surface area contributed by atoms with E-state index in [2.05, 4.69) is 25.1 Å². The van der Waals surface area contributed by atoms with E-state index in [0.717, 1.165) is 17.1 Å². The molecular formula is C16H19N2+. The van der Waals surface area contributed by atoms with E-state index in [1.165, 1.54) is 0 Å². The van der Waals surface area contributed by atoms with Crippen LogP contribution in [0.25, 0.3) is 0 Å². The molecule has 0 aliphatic rings. The normalized spacial score (nSPS) is 11.8. The van der Waals surface area contributed by atoms with Crippen molar-refractivity contribution in [3.05, 3.63) is 85.8 Å². The predicted molar refractivity (Wildman–Crippen MR) is 78.5 cm³/mol. The third-order valence-corrected chi connectivity index (χ3v) is 2.44. The fraction of sp³-hybridized carbons (Fsp3) is 0.0625. The summed E-state index contributed by atoms with van der Waals surface area (Å²) < 4.78 is 1.90. The molecule has 0 heterocycles. The van der Waals surface area contributed by atoms with Crippen molar-refractivity contribution in [2.45, 2.75) is 0 Å². The van der Waals surface area contributed by atoms with E-state index in [9.17, 15) is 0 Å². The Hall–Kier alpha value is -2.35. The number of hydrogen-bond acceptors (Lipinski definition) is 0. The number of nitrogens with zero attached hydrogens (tertiary/aromatic N) is 1. The fourth-order valence-electron chi connectivity index (χ4n) is 1.61. The number of benzene rings is 1. The predicted octanol–water partition coefficient (Wildman–Crippen LogP) is 3.06. The molecule has 0 radical (unpaired) electrons. The van der Waals surface area contributed by atoms with Gasteiger partial charge in [0.1, 0.15) is 5.70 Å². The largest absolute Gasteiger partial charge is 0.286 e. The lowest BCUT2D eigenvalue weighted by Gasteiger charge is -2.07. The molecule has 18 heavy (non-hydrogen) atoms. The van der Waals surface area contributed by atoms with Crippen molar-refractivity contribution >= 4 is 5.84 Å². The quantitative estimate of drug-likeness (QED) is 0.361. The molecule has 92 valence electrons. The minimum absolute atomic E-state index is 0.818. The second-order valence-corrected chi connectivity index (χ2v) is 3.60. The van der Waals surface area contributed by atoms with Gasteiger partial charge in [0.25, 0.3) is 5.84 Å². The Morgan fingerprint density at radius 1 is 1.22 bits per heavy atom. The Morgan fingerprint density at radius 3 is 2.39 bits per heavy atom. The van der Waals surface area contributed by atoms with Gasteiger partial charge in [-0.3, -0.25) is 5.32 Å². The Morgan fingerprint density at radius 2 is 1.89 bits per heavy atom. The lowest BCUT2D eigenvalue weighted by atomic mass is 10.2. The number of amidine groups is 1. The van der Waals surface area contributed by atoms with E-state index < -0.39 is 0 Å². The second-order valence-electron chi connectivity index (χ2n) is 3.60. The van der Waals surface area contributed by atoms with Crippen molar-refractivity contribution in [1.29, 1.82) is 0 Å². The zero-order valence-electron chi connectivity index (χ0n) is 10.8. The molecule has 1 aromatic carbocycles. The van der Waals surface area contributed by atoms with Crippen LogP contribution in [0.5, 0.6) is 0 Å². The van der Waals surface area contributed by atoms with E-state index in [1.54, 1.807) is 12.3 Å². The molecule has 0 atom stereocenters.